The van der Waals surface area contributed by atoms with Crippen LogP contribution in [0.5, 0.6) is 0 Å². The van der Waals surface area contributed by atoms with Gasteiger partial charge in [0.1, 0.15) is 5.54 Å². The van der Waals surface area contributed by atoms with Crippen LogP contribution in [0.4, 0.5) is 0 Å². The number of carbonyl (C=O) groups is 1. The molecule has 0 atom stereocenters. The summed E-state index contributed by atoms with van der Waals surface area (Å²) in [6.07, 6.45) is 6.86. The lowest BCUT2D eigenvalue weighted by Crippen LogP contribution is -2.62. The van der Waals surface area contributed by atoms with Crippen LogP contribution in [0.3, 0.4) is 0 Å². The summed E-state index contributed by atoms with van der Waals surface area (Å²) in [4.78, 5) is 20.7. The van der Waals surface area contributed by atoms with Crippen molar-refractivity contribution in [3.8, 4) is 0 Å². The summed E-state index contributed by atoms with van der Waals surface area (Å²) in [5.41, 5.74) is 2.16. The van der Waals surface area contributed by atoms with Crippen molar-refractivity contribution in [3.05, 3.63) is 37.1 Å². The largest absolute Gasteiger partial charge is 0.328 e. The van der Waals surface area contributed by atoms with Crippen LogP contribution in [-0.4, -0.2) is 20.4 Å². The predicted molar refractivity (Wildman–Crippen MR) is 65.5 cm³/mol. The van der Waals surface area contributed by atoms with Crippen LogP contribution in [0.2, 0.25) is 0 Å². The van der Waals surface area contributed by atoms with Gasteiger partial charge in [0.2, 0.25) is 5.91 Å². The summed E-state index contributed by atoms with van der Waals surface area (Å²) in [5, 5.41) is 2.87. The average Bonchev–Trinajstić information content (AvgIpc) is 2.71. The summed E-state index contributed by atoms with van der Waals surface area (Å²) in [6, 6.07) is 1.86. The number of piperidine rings is 2. The fourth-order valence-electron chi connectivity index (χ4n) is 3.05. The number of hydrogen-bond donors (Lipinski definition) is 1. The van der Waals surface area contributed by atoms with Crippen LogP contribution < -0.4 is 5.32 Å². The SMILES string of the molecule is C=C1NC(=O)C2(n3cnc4ccncc43)CC1C2. The zero-order valence-corrected chi connectivity index (χ0v) is 9.76. The fraction of sp³-hybridized carbons (Fsp3) is 0.308. The molecular weight excluding hydrogens is 228 g/mol. The zero-order valence-electron chi connectivity index (χ0n) is 9.76. The number of fused-ring (bicyclic) bond motifs is 3. The molecule has 2 saturated heterocycles. The second-order valence-electron chi connectivity index (χ2n) is 5.10. The molecule has 2 aliphatic heterocycles. The second kappa shape index (κ2) is 2.98. The van der Waals surface area contributed by atoms with Gasteiger partial charge in [-0.05, 0) is 18.9 Å². The van der Waals surface area contributed by atoms with E-state index in [-0.39, 0.29) is 5.91 Å². The Morgan fingerprint density at radius 1 is 1.50 bits per heavy atom. The third kappa shape index (κ3) is 0.995. The van der Waals surface area contributed by atoms with Gasteiger partial charge in [-0.25, -0.2) is 4.98 Å². The Hall–Kier alpha value is -2.17. The Morgan fingerprint density at radius 3 is 3.11 bits per heavy atom. The zero-order chi connectivity index (χ0) is 12.3. The first-order chi connectivity index (χ1) is 8.71. The standard InChI is InChI=1S/C13H12N4O/c1-8-9-4-13(5-9,12(18)16-8)17-7-15-10-2-3-14-6-11(10)17/h2-3,6-7,9H,1,4-5H2,(H,16,18). The summed E-state index contributed by atoms with van der Waals surface area (Å²) >= 11 is 0. The monoisotopic (exact) mass is 240 g/mol. The van der Waals surface area contributed by atoms with E-state index in [1.807, 2.05) is 10.6 Å². The normalized spacial score (nSPS) is 30.1. The summed E-state index contributed by atoms with van der Waals surface area (Å²) < 4.78 is 1.97. The van der Waals surface area contributed by atoms with Crippen molar-refractivity contribution < 1.29 is 4.79 Å². The Labute approximate surface area is 104 Å². The third-order valence-corrected chi connectivity index (χ3v) is 4.17. The van der Waals surface area contributed by atoms with Gasteiger partial charge in [-0.3, -0.25) is 9.78 Å². The number of allylic oxidation sites excluding steroid dienone is 1. The smallest absolute Gasteiger partial charge is 0.250 e. The highest BCUT2D eigenvalue weighted by Crippen LogP contribution is 2.51. The summed E-state index contributed by atoms with van der Waals surface area (Å²) in [6.45, 7) is 3.89. The summed E-state index contributed by atoms with van der Waals surface area (Å²) in [7, 11) is 0. The molecule has 1 N–H and O–H groups in total. The lowest BCUT2D eigenvalue weighted by atomic mass is 9.63. The lowest BCUT2D eigenvalue weighted by Gasteiger charge is -2.52. The minimum absolute atomic E-state index is 0.0261. The minimum atomic E-state index is -0.482. The maximum absolute atomic E-state index is 12.3. The van der Waals surface area contributed by atoms with E-state index in [0.717, 1.165) is 29.6 Å². The number of hydrogen-bond acceptors (Lipinski definition) is 3. The van der Waals surface area contributed by atoms with Gasteiger partial charge in [-0.2, -0.15) is 0 Å². The van der Waals surface area contributed by atoms with E-state index in [9.17, 15) is 4.79 Å². The highest BCUT2D eigenvalue weighted by Gasteiger charge is 2.56. The molecule has 0 aromatic carbocycles. The molecular formula is C13H12N4O. The van der Waals surface area contributed by atoms with E-state index in [0.29, 0.717) is 5.92 Å². The molecule has 3 fully saturated rings. The van der Waals surface area contributed by atoms with Crippen molar-refractivity contribution in [3.63, 3.8) is 0 Å². The fourth-order valence-corrected chi connectivity index (χ4v) is 3.05. The molecule has 2 aromatic rings. The molecule has 90 valence electrons. The maximum atomic E-state index is 12.3. The van der Waals surface area contributed by atoms with Gasteiger partial charge in [0, 0.05) is 17.8 Å². The molecule has 5 rings (SSSR count). The van der Waals surface area contributed by atoms with Crippen molar-refractivity contribution in [1.29, 1.82) is 0 Å². The van der Waals surface area contributed by atoms with Gasteiger partial charge in [-0.1, -0.05) is 6.58 Å². The maximum Gasteiger partial charge on any atom is 0.250 e. The van der Waals surface area contributed by atoms with Crippen molar-refractivity contribution in [2.24, 2.45) is 5.92 Å². The Bertz CT molecular complexity index is 681. The van der Waals surface area contributed by atoms with Crippen molar-refractivity contribution >= 4 is 16.9 Å². The highest BCUT2D eigenvalue weighted by molar-refractivity contribution is 5.91. The first-order valence-corrected chi connectivity index (χ1v) is 5.98. The number of imidazole rings is 1. The van der Waals surface area contributed by atoms with Crippen molar-refractivity contribution in [1.82, 2.24) is 19.9 Å². The first-order valence-electron chi connectivity index (χ1n) is 5.98. The molecule has 1 amide bonds. The van der Waals surface area contributed by atoms with Gasteiger partial charge in [0.15, 0.2) is 0 Å². The molecule has 0 unspecified atom stereocenters. The van der Waals surface area contributed by atoms with Gasteiger partial charge in [-0.15, -0.1) is 0 Å². The van der Waals surface area contributed by atoms with E-state index in [2.05, 4.69) is 21.9 Å². The van der Waals surface area contributed by atoms with Crippen molar-refractivity contribution in [2.45, 2.75) is 18.4 Å². The molecule has 0 radical (unpaired) electrons. The quantitative estimate of drug-likeness (QED) is 0.814. The Balaban J connectivity index is 1.89. The number of aromatic nitrogens is 3. The second-order valence-corrected chi connectivity index (χ2v) is 5.10. The first kappa shape index (κ1) is 9.82. The number of pyridine rings is 1. The molecule has 1 aliphatic carbocycles. The number of rotatable bonds is 1. The molecule has 4 heterocycles. The van der Waals surface area contributed by atoms with E-state index in [1.165, 1.54) is 0 Å². The Morgan fingerprint density at radius 2 is 2.33 bits per heavy atom. The average molecular weight is 240 g/mol. The van der Waals surface area contributed by atoms with Crippen LogP contribution in [0.1, 0.15) is 12.8 Å². The molecule has 2 aromatic heterocycles. The topological polar surface area (TPSA) is 59.8 Å². The molecule has 3 aliphatic rings. The number of carbonyl (C=O) groups excluding carboxylic acids is 1. The molecule has 0 spiro atoms. The van der Waals surface area contributed by atoms with Crippen LogP contribution >= 0.6 is 0 Å². The van der Waals surface area contributed by atoms with Crippen LogP contribution in [0.15, 0.2) is 37.1 Å². The van der Waals surface area contributed by atoms with Crippen molar-refractivity contribution in [2.75, 3.05) is 0 Å². The molecule has 18 heavy (non-hydrogen) atoms. The third-order valence-electron chi connectivity index (χ3n) is 4.17. The van der Waals surface area contributed by atoms with E-state index >= 15 is 0 Å². The molecule has 1 saturated carbocycles. The predicted octanol–water partition coefficient (Wildman–Crippen LogP) is 1.18. The number of amides is 1. The summed E-state index contributed by atoms with van der Waals surface area (Å²) in [5.74, 6) is 0.426. The van der Waals surface area contributed by atoms with Crippen LogP contribution in [-0.2, 0) is 10.3 Å². The Kier molecular flexibility index (Phi) is 1.63. The lowest BCUT2D eigenvalue weighted by molar-refractivity contribution is -0.140. The van der Waals surface area contributed by atoms with Crippen LogP contribution in [0.25, 0.3) is 11.0 Å². The van der Waals surface area contributed by atoms with Gasteiger partial charge >= 0.3 is 0 Å². The van der Waals surface area contributed by atoms with E-state index in [1.54, 1.807) is 18.7 Å². The molecule has 5 nitrogen and oxygen atoms in total. The molecule has 5 heteroatoms. The minimum Gasteiger partial charge on any atom is -0.328 e. The number of nitrogens with zero attached hydrogens (tertiary/aromatic N) is 3. The molecule has 2 bridgehead atoms. The number of nitrogens with one attached hydrogen (secondary N) is 1. The van der Waals surface area contributed by atoms with Gasteiger partial charge in [0.25, 0.3) is 0 Å². The van der Waals surface area contributed by atoms with Gasteiger partial charge in [0.05, 0.1) is 23.6 Å². The van der Waals surface area contributed by atoms with E-state index < -0.39 is 5.54 Å². The van der Waals surface area contributed by atoms with E-state index in [4.69, 9.17) is 0 Å². The highest BCUT2D eigenvalue weighted by atomic mass is 16.2. The van der Waals surface area contributed by atoms with Gasteiger partial charge < -0.3 is 9.88 Å². The van der Waals surface area contributed by atoms with Crippen LogP contribution in [0, 0.1) is 5.92 Å².